The summed E-state index contributed by atoms with van der Waals surface area (Å²) in [6.45, 7) is 0.447. The van der Waals surface area contributed by atoms with Gasteiger partial charge in [-0.2, -0.15) is 0 Å². The minimum Gasteiger partial charge on any atom is -0.497 e. The molecule has 1 fully saturated rings. The Balaban J connectivity index is 1.63. The number of anilines is 2. The molecule has 0 spiro atoms. The van der Waals surface area contributed by atoms with E-state index in [-0.39, 0.29) is 11.7 Å². The van der Waals surface area contributed by atoms with Crippen LogP contribution in [0.4, 0.5) is 20.6 Å². The molecule has 1 unspecified atom stereocenters. The quantitative estimate of drug-likeness (QED) is 0.845. The van der Waals surface area contributed by atoms with Gasteiger partial charge in [0.25, 0.3) is 0 Å². The molecule has 1 aliphatic rings. The van der Waals surface area contributed by atoms with Gasteiger partial charge in [0.1, 0.15) is 23.4 Å². The number of urea groups is 1. The van der Waals surface area contributed by atoms with E-state index in [0.29, 0.717) is 35.8 Å². The number of ether oxygens (including phenoxy) is 2. The smallest absolute Gasteiger partial charge is 0.319 e. The third kappa shape index (κ3) is 4.28. The van der Waals surface area contributed by atoms with Gasteiger partial charge in [-0.25, -0.2) is 9.18 Å². The second-order valence-corrected chi connectivity index (χ2v) is 6.01. The molecule has 0 aliphatic carbocycles. The van der Waals surface area contributed by atoms with Gasteiger partial charge in [-0.15, -0.1) is 0 Å². The van der Waals surface area contributed by atoms with Gasteiger partial charge in [-0.3, -0.25) is 4.79 Å². The Bertz CT molecular complexity index is 819. The standard InChI is InChI=1S/C19H20FN3O4/c1-26-15-9-13(10-16(11-15)27-2)21-19(25)22-17-7-8-23(18(17)24)14-5-3-12(20)4-6-14/h3-6,9-11,17H,7-8H2,1-2H3,(H2,21,22,25). The number of hydrogen-bond acceptors (Lipinski definition) is 4. The zero-order valence-corrected chi connectivity index (χ0v) is 15.0. The lowest BCUT2D eigenvalue weighted by atomic mass is 10.2. The lowest BCUT2D eigenvalue weighted by Crippen LogP contribution is -2.43. The van der Waals surface area contributed by atoms with Crippen LogP contribution in [0.1, 0.15) is 6.42 Å². The summed E-state index contributed by atoms with van der Waals surface area (Å²) in [6, 6.07) is 9.48. The number of amides is 3. The van der Waals surface area contributed by atoms with Crippen LogP contribution in [0.2, 0.25) is 0 Å². The number of rotatable bonds is 5. The number of methoxy groups -OCH3 is 2. The van der Waals surface area contributed by atoms with Crippen LogP contribution in [0.5, 0.6) is 11.5 Å². The van der Waals surface area contributed by atoms with Crippen LogP contribution in [0, 0.1) is 5.82 Å². The van der Waals surface area contributed by atoms with Gasteiger partial charge in [0.2, 0.25) is 5.91 Å². The Kier molecular flexibility index (Phi) is 5.44. The first-order valence-corrected chi connectivity index (χ1v) is 8.37. The third-order valence-corrected chi connectivity index (χ3v) is 4.26. The Morgan fingerprint density at radius 3 is 2.33 bits per heavy atom. The van der Waals surface area contributed by atoms with E-state index in [1.165, 1.54) is 43.4 Å². The average Bonchev–Trinajstić information content (AvgIpc) is 3.02. The summed E-state index contributed by atoms with van der Waals surface area (Å²) in [7, 11) is 3.03. The van der Waals surface area contributed by atoms with Gasteiger partial charge in [0, 0.05) is 36.1 Å². The summed E-state index contributed by atoms with van der Waals surface area (Å²) < 4.78 is 23.4. The predicted molar refractivity (Wildman–Crippen MR) is 98.9 cm³/mol. The molecule has 0 bridgehead atoms. The number of carbonyl (C=O) groups is 2. The number of nitrogens with zero attached hydrogens (tertiary/aromatic N) is 1. The van der Waals surface area contributed by atoms with Crippen molar-refractivity contribution in [1.29, 1.82) is 0 Å². The molecule has 1 saturated heterocycles. The van der Waals surface area contributed by atoms with Gasteiger partial charge >= 0.3 is 6.03 Å². The zero-order chi connectivity index (χ0) is 19.4. The second kappa shape index (κ2) is 7.94. The molecule has 3 amide bonds. The average molecular weight is 373 g/mol. The van der Waals surface area contributed by atoms with Crippen molar-refractivity contribution < 1.29 is 23.5 Å². The van der Waals surface area contributed by atoms with Gasteiger partial charge < -0.3 is 25.0 Å². The fraction of sp³-hybridized carbons (Fsp3) is 0.263. The Labute approximate surface area is 156 Å². The fourth-order valence-corrected chi connectivity index (χ4v) is 2.90. The molecule has 0 saturated carbocycles. The number of benzene rings is 2. The molecule has 27 heavy (non-hydrogen) atoms. The topological polar surface area (TPSA) is 79.9 Å². The summed E-state index contributed by atoms with van der Waals surface area (Å²) in [6.07, 6.45) is 0.463. The summed E-state index contributed by atoms with van der Waals surface area (Å²) in [5.41, 5.74) is 1.08. The van der Waals surface area contributed by atoms with E-state index in [1.54, 1.807) is 18.2 Å². The molecule has 7 nitrogen and oxygen atoms in total. The second-order valence-electron chi connectivity index (χ2n) is 6.01. The Morgan fingerprint density at radius 1 is 1.11 bits per heavy atom. The molecule has 2 N–H and O–H groups in total. The van der Waals surface area contributed by atoms with E-state index in [2.05, 4.69) is 10.6 Å². The van der Waals surface area contributed by atoms with E-state index in [0.717, 1.165) is 0 Å². The molecule has 1 atom stereocenters. The fourth-order valence-electron chi connectivity index (χ4n) is 2.90. The zero-order valence-electron chi connectivity index (χ0n) is 15.0. The summed E-state index contributed by atoms with van der Waals surface area (Å²) >= 11 is 0. The minimum atomic E-state index is -0.650. The van der Waals surface area contributed by atoms with E-state index in [1.807, 2.05) is 0 Å². The van der Waals surface area contributed by atoms with E-state index < -0.39 is 12.1 Å². The van der Waals surface area contributed by atoms with Crippen molar-refractivity contribution in [3.05, 3.63) is 48.3 Å². The van der Waals surface area contributed by atoms with Crippen LogP contribution in [-0.2, 0) is 4.79 Å². The van der Waals surface area contributed by atoms with Crippen molar-refractivity contribution in [2.45, 2.75) is 12.5 Å². The molecule has 1 heterocycles. The Morgan fingerprint density at radius 2 is 1.74 bits per heavy atom. The van der Waals surface area contributed by atoms with Crippen LogP contribution >= 0.6 is 0 Å². The lowest BCUT2D eigenvalue weighted by molar-refractivity contribution is -0.118. The maximum Gasteiger partial charge on any atom is 0.319 e. The molecule has 142 valence electrons. The highest BCUT2D eigenvalue weighted by Crippen LogP contribution is 2.26. The number of nitrogens with one attached hydrogen (secondary N) is 2. The van der Waals surface area contributed by atoms with Crippen LogP contribution in [0.25, 0.3) is 0 Å². The van der Waals surface area contributed by atoms with E-state index in [4.69, 9.17) is 9.47 Å². The maximum absolute atomic E-state index is 13.0. The lowest BCUT2D eigenvalue weighted by Gasteiger charge is -2.17. The van der Waals surface area contributed by atoms with E-state index in [9.17, 15) is 14.0 Å². The van der Waals surface area contributed by atoms with Crippen molar-refractivity contribution in [2.75, 3.05) is 31.0 Å². The minimum absolute atomic E-state index is 0.236. The van der Waals surface area contributed by atoms with Gasteiger partial charge in [-0.1, -0.05) is 0 Å². The van der Waals surface area contributed by atoms with Gasteiger partial charge in [-0.05, 0) is 30.7 Å². The number of hydrogen-bond donors (Lipinski definition) is 2. The largest absolute Gasteiger partial charge is 0.497 e. The molecule has 3 rings (SSSR count). The SMILES string of the molecule is COc1cc(NC(=O)NC2CCN(c3ccc(F)cc3)C2=O)cc(OC)c1. The molecule has 0 radical (unpaired) electrons. The molecule has 1 aliphatic heterocycles. The normalized spacial score (nSPS) is 16.2. The van der Waals surface area contributed by atoms with Gasteiger partial charge in [0.15, 0.2) is 0 Å². The molecule has 2 aromatic rings. The van der Waals surface area contributed by atoms with Crippen LogP contribution in [0.15, 0.2) is 42.5 Å². The molecule has 2 aromatic carbocycles. The highest BCUT2D eigenvalue weighted by atomic mass is 19.1. The van der Waals surface area contributed by atoms with Crippen molar-refractivity contribution in [2.24, 2.45) is 0 Å². The van der Waals surface area contributed by atoms with Crippen LogP contribution < -0.4 is 25.0 Å². The van der Waals surface area contributed by atoms with Crippen molar-refractivity contribution >= 4 is 23.3 Å². The third-order valence-electron chi connectivity index (χ3n) is 4.26. The summed E-state index contributed by atoms with van der Waals surface area (Å²) in [5.74, 6) is 0.460. The highest BCUT2D eigenvalue weighted by molar-refractivity contribution is 6.02. The summed E-state index contributed by atoms with van der Waals surface area (Å²) in [5, 5.41) is 5.34. The number of halogens is 1. The molecule has 0 aromatic heterocycles. The van der Waals surface area contributed by atoms with Gasteiger partial charge in [0.05, 0.1) is 14.2 Å². The van der Waals surface area contributed by atoms with Crippen LogP contribution in [0.3, 0.4) is 0 Å². The number of carbonyl (C=O) groups excluding carboxylic acids is 2. The molecule has 8 heteroatoms. The van der Waals surface area contributed by atoms with Crippen molar-refractivity contribution in [3.63, 3.8) is 0 Å². The summed E-state index contributed by atoms with van der Waals surface area (Å²) in [4.78, 5) is 26.3. The highest BCUT2D eigenvalue weighted by Gasteiger charge is 2.33. The van der Waals surface area contributed by atoms with Crippen LogP contribution in [-0.4, -0.2) is 38.7 Å². The first-order chi connectivity index (χ1) is 13.0. The molecular weight excluding hydrogens is 353 g/mol. The first-order valence-electron chi connectivity index (χ1n) is 8.37. The first kappa shape index (κ1) is 18.5. The predicted octanol–water partition coefficient (Wildman–Crippen LogP) is 2.77. The maximum atomic E-state index is 13.0. The van der Waals surface area contributed by atoms with E-state index >= 15 is 0 Å². The Hall–Kier alpha value is -3.29. The molecular formula is C19H20FN3O4. The van der Waals surface area contributed by atoms with Crippen molar-refractivity contribution in [1.82, 2.24) is 5.32 Å². The monoisotopic (exact) mass is 373 g/mol. The van der Waals surface area contributed by atoms with Crippen molar-refractivity contribution in [3.8, 4) is 11.5 Å².